The van der Waals surface area contributed by atoms with Gasteiger partial charge in [0.05, 0.1) is 11.3 Å². The summed E-state index contributed by atoms with van der Waals surface area (Å²) in [5.41, 5.74) is 0.834. The van der Waals surface area contributed by atoms with Crippen LogP contribution >= 0.6 is 15.9 Å². The topological polar surface area (TPSA) is 57.6 Å². The van der Waals surface area contributed by atoms with Gasteiger partial charge in [-0.2, -0.15) is 0 Å². The molecular formula is C11H10BrNO3. The molecule has 0 bridgehead atoms. The first kappa shape index (κ1) is 11.1. The number of carboxylic acids is 1. The van der Waals surface area contributed by atoms with Gasteiger partial charge in [0.15, 0.2) is 0 Å². The molecule has 16 heavy (non-hydrogen) atoms. The molecule has 0 unspecified atom stereocenters. The summed E-state index contributed by atoms with van der Waals surface area (Å²) in [4.78, 5) is 24.0. The molecule has 2 rings (SSSR count). The Bertz CT molecular complexity index is 459. The van der Waals surface area contributed by atoms with E-state index in [-0.39, 0.29) is 11.5 Å². The summed E-state index contributed by atoms with van der Waals surface area (Å²) in [6.45, 7) is 0.653. The van der Waals surface area contributed by atoms with Crippen molar-refractivity contribution >= 4 is 33.5 Å². The summed E-state index contributed by atoms with van der Waals surface area (Å²) < 4.78 is 0.743. The number of carbonyl (C=O) groups excluding carboxylic acids is 1. The smallest absolute Gasteiger partial charge is 0.335 e. The molecule has 1 aliphatic heterocycles. The van der Waals surface area contributed by atoms with E-state index >= 15 is 0 Å². The van der Waals surface area contributed by atoms with Crippen molar-refractivity contribution in [2.75, 3.05) is 11.4 Å². The Morgan fingerprint density at radius 2 is 2.19 bits per heavy atom. The number of halogens is 1. The number of benzene rings is 1. The maximum absolute atomic E-state index is 11.6. The molecule has 0 spiro atoms. The van der Waals surface area contributed by atoms with E-state index < -0.39 is 5.97 Å². The maximum atomic E-state index is 11.6. The van der Waals surface area contributed by atoms with Crippen molar-refractivity contribution in [3.63, 3.8) is 0 Å². The summed E-state index contributed by atoms with van der Waals surface area (Å²) in [5, 5.41) is 8.89. The quantitative estimate of drug-likeness (QED) is 0.906. The summed E-state index contributed by atoms with van der Waals surface area (Å²) in [5.74, 6) is -0.941. The van der Waals surface area contributed by atoms with Crippen LogP contribution in [0, 0.1) is 0 Å². The van der Waals surface area contributed by atoms with Crippen molar-refractivity contribution < 1.29 is 14.7 Å². The lowest BCUT2D eigenvalue weighted by atomic mass is 10.2. The SMILES string of the molecule is O=C(O)c1ccc(Br)c(N2CCCC2=O)c1. The van der Waals surface area contributed by atoms with E-state index in [4.69, 9.17) is 5.11 Å². The number of aromatic carboxylic acids is 1. The lowest BCUT2D eigenvalue weighted by Crippen LogP contribution is -2.24. The van der Waals surface area contributed by atoms with Crippen LogP contribution < -0.4 is 4.90 Å². The Morgan fingerprint density at radius 1 is 1.44 bits per heavy atom. The van der Waals surface area contributed by atoms with Crippen LogP contribution in [0.1, 0.15) is 23.2 Å². The first-order valence-corrected chi connectivity index (χ1v) is 5.72. The fourth-order valence-electron chi connectivity index (χ4n) is 1.76. The molecule has 1 fully saturated rings. The van der Waals surface area contributed by atoms with E-state index in [1.165, 1.54) is 12.1 Å². The van der Waals surface area contributed by atoms with E-state index in [1.807, 2.05) is 0 Å². The molecule has 1 N–H and O–H groups in total. The molecule has 84 valence electrons. The molecule has 5 heteroatoms. The van der Waals surface area contributed by atoms with Crippen molar-refractivity contribution in [3.05, 3.63) is 28.2 Å². The van der Waals surface area contributed by atoms with Gasteiger partial charge in [-0.15, -0.1) is 0 Å². The average molecular weight is 284 g/mol. The van der Waals surface area contributed by atoms with Crippen LogP contribution in [0.3, 0.4) is 0 Å². The van der Waals surface area contributed by atoms with Gasteiger partial charge in [0, 0.05) is 17.4 Å². The summed E-state index contributed by atoms with van der Waals surface area (Å²) in [6.07, 6.45) is 1.35. The van der Waals surface area contributed by atoms with Crippen LogP contribution in [0.2, 0.25) is 0 Å². The largest absolute Gasteiger partial charge is 0.478 e. The monoisotopic (exact) mass is 283 g/mol. The van der Waals surface area contributed by atoms with Crippen LogP contribution in [0.15, 0.2) is 22.7 Å². The Morgan fingerprint density at radius 3 is 2.75 bits per heavy atom. The van der Waals surface area contributed by atoms with Gasteiger partial charge in [0.1, 0.15) is 0 Å². The number of carbonyl (C=O) groups is 2. The number of hydrogen-bond donors (Lipinski definition) is 1. The highest BCUT2D eigenvalue weighted by Gasteiger charge is 2.24. The third kappa shape index (κ3) is 1.95. The van der Waals surface area contributed by atoms with Gasteiger partial charge in [0.2, 0.25) is 5.91 Å². The van der Waals surface area contributed by atoms with Gasteiger partial charge >= 0.3 is 5.97 Å². The Hall–Kier alpha value is -1.36. The number of anilines is 1. The zero-order valence-electron chi connectivity index (χ0n) is 8.44. The molecule has 0 atom stereocenters. The predicted octanol–water partition coefficient (Wildman–Crippen LogP) is 2.27. The number of rotatable bonds is 2. The Balaban J connectivity index is 2.42. The fourth-order valence-corrected chi connectivity index (χ4v) is 2.22. The molecule has 1 aromatic carbocycles. The molecule has 1 aliphatic rings. The molecule has 1 aromatic rings. The first-order chi connectivity index (χ1) is 7.59. The van der Waals surface area contributed by atoms with E-state index in [0.717, 1.165) is 10.9 Å². The normalized spacial score (nSPS) is 15.6. The second-order valence-corrected chi connectivity index (χ2v) is 4.47. The molecule has 4 nitrogen and oxygen atoms in total. The van der Waals surface area contributed by atoms with E-state index in [9.17, 15) is 9.59 Å². The van der Waals surface area contributed by atoms with Crippen LogP contribution in [0.25, 0.3) is 0 Å². The van der Waals surface area contributed by atoms with E-state index in [2.05, 4.69) is 15.9 Å². The fraction of sp³-hybridized carbons (Fsp3) is 0.273. The highest BCUT2D eigenvalue weighted by Crippen LogP contribution is 2.30. The first-order valence-electron chi connectivity index (χ1n) is 4.93. The van der Waals surface area contributed by atoms with Gasteiger partial charge in [0.25, 0.3) is 0 Å². The van der Waals surface area contributed by atoms with Crippen LogP contribution in [0.4, 0.5) is 5.69 Å². The average Bonchev–Trinajstić information content (AvgIpc) is 2.65. The number of amides is 1. The van der Waals surface area contributed by atoms with Crippen LogP contribution in [-0.2, 0) is 4.79 Å². The lowest BCUT2D eigenvalue weighted by Gasteiger charge is -2.17. The van der Waals surface area contributed by atoms with E-state index in [1.54, 1.807) is 11.0 Å². The number of hydrogen-bond acceptors (Lipinski definition) is 2. The van der Waals surface area contributed by atoms with Crippen molar-refractivity contribution in [2.24, 2.45) is 0 Å². The third-order valence-corrected chi connectivity index (χ3v) is 3.23. The molecule has 0 aliphatic carbocycles. The second kappa shape index (κ2) is 4.25. The zero-order chi connectivity index (χ0) is 11.7. The number of carboxylic acid groups (broad SMARTS) is 1. The lowest BCUT2D eigenvalue weighted by molar-refractivity contribution is -0.117. The molecule has 1 saturated heterocycles. The Labute approximate surface area is 101 Å². The standard InChI is InChI=1S/C11H10BrNO3/c12-8-4-3-7(11(15)16)6-9(8)13-5-1-2-10(13)14/h3-4,6H,1-2,5H2,(H,15,16). The zero-order valence-corrected chi connectivity index (χ0v) is 10.0. The van der Waals surface area contributed by atoms with Gasteiger partial charge in [-0.05, 0) is 40.5 Å². The highest BCUT2D eigenvalue weighted by molar-refractivity contribution is 9.10. The highest BCUT2D eigenvalue weighted by atomic mass is 79.9. The molecular weight excluding hydrogens is 274 g/mol. The predicted molar refractivity (Wildman–Crippen MR) is 62.7 cm³/mol. The summed E-state index contributed by atoms with van der Waals surface area (Å²) in [6, 6.07) is 4.69. The molecule has 0 aromatic heterocycles. The van der Waals surface area contributed by atoms with Crippen LogP contribution in [-0.4, -0.2) is 23.5 Å². The minimum absolute atomic E-state index is 0.0447. The van der Waals surface area contributed by atoms with Gasteiger partial charge in [-0.25, -0.2) is 4.79 Å². The van der Waals surface area contributed by atoms with Crippen molar-refractivity contribution in [1.82, 2.24) is 0 Å². The summed E-state index contributed by atoms with van der Waals surface area (Å²) >= 11 is 3.33. The molecule has 1 heterocycles. The Kier molecular flexibility index (Phi) is 2.96. The van der Waals surface area contributed by atoms with Crippen molar-refractivity contribution in [1.29, 1.82) is 0 Å². The second-order valence-electron chi connectivity index (χ2n) is 3.62. The van der Waals surface area contributed by atoms with Crippen LogP contribution in [0.5, 0.6) is 0 Å². The molecule has 1 amide bonds. The van der Waals surface area contributed by atoms with Crippen molar-refractivity contribution in [3.8, 4) is 0 Å². The molecule has 0 radical (unpaired) electrons. The minimum Gasteiger partial charge on any atom is -0.478 e. The van der Waals surface area contributed by atoms with E-state index in [0.29, 0.717) is 18.7 Å². The third-order valence-electron chi connectivity index (χ3n) is 2.56. The summed E-state index contributed by atoms with van der Waals surface area (Å²) in [7, 11) is 0. The number of nitrogens with zero attached hydrogens (tertiary/aromatic N) is 1. The van der Waals surface area contributed by atoms with Crippen molar-refractivity contribution in [2.45, 2.75) is 12.8 Å². The minimum atomic E-state index is -0.986. The van der Waals surface area contributed by atoms with Gasteiger partial charge in [-0.3, -0.25) is 4.79 Å². The van der Waals surface area contributed by atoms with Gasteiger partial charge in [-0.1, -0.05) is 0 Å². The maximum Gasteiger partial charge on any atom is 0.335 e. The van der Waals surface area contributed by atoms with Gasteiger partial charge < -0.3 is 10.0 Å². The molecule has 0 saturated carbocycles.